The van der Waals surface area contributed by atoms with Crippen LogP contribution in [0.4, 0.5) is 4.79 Å². The lowest BCUT2D eigenvalue weighted by atomic mass is 9.90. The topological polar surface area (TPSA) is 101 Å². The van der Waals surface area contributed by atoms with Crippen molar-refractivity contribution in [3.63, 3.8) is 0 Å². The van der Waals surface area contributed by atoms with E-state index in [-0.39, 0.29) is 19.4 Å². The quantitative estimate of drug-likeness (QED) is 0.751. The molecule has 104 valence electrons. The molecule has 2 amide bonds. The van der Waals surface area contributed by atoms with Gasteiger partial charge in [-0.3, -0.25) is 0 Å². The maximum atomic E-state index is 11.8. The predicted octanol–water partition coefficient (Wildman–Crippen LogP) is 0.576. The summed E-state index contributed by atoms with van der Waals surface area (Å²) in [7, 11) is 0. The van der Waals surface area contributed by atoms with Crippen LogP contribution in [0.1, 0.15) is 17.8 Å². The van der Waals surface area contributed by atoms with Crippen molar-refractivity contribution in [2.45, 2.75) is 24.9 Å². The minimum absolute atomic E-state index is 0.271. The number of carboxylic acid groups (broad SMARTS) is 1. The predicted molar refractivity (Wildman–Crippen MR) is 67.9 cm³/mol. The average molecular weight is 285 g/mol. The summed E-state index contributed by atoms with van der Waals surface area (Å²) in [5.74, 6) is -1.03. The van der Waals surface area contributed by atoms with E-state index in [2.05, 4.69) is 15.6 Å². The summed E-state index contributed by atoms with van der Waals surface area (Å²) in [5, 5.41) is 17.0. The van der Waals surface area contributed by atoms with Crippen LogP contribution < -0.4 is 10.6 Å². The van der Waals surface area contributed by atoms with Gasteiger partial charge >= 0.3 is 12.0 Å². The third-order valence-corrected chi connectivity index (χ3v) is 3.77. The van der Waals surface area contributed by atoms with Crippen molar-refractivity contribution in [1.82, 2.24) is 15.6 Å². The van der Waals surface area contributed by atoms with Crippen molar-refractivity contribution in [3.8, 4) is 0 Å². The van der Waals surface area contributed by atoms with E-state index < -0.39 is 17.5 Å². The number of aromatic nitrogens is 1. The first-order valence-corrected chi connectivity index (χ1v) is 6.76. The number of carboxylic acids is 1. The monoisotopic (exact) mass is 285 g/mol. The Morgan fingerprint density at radius 2 is 2.21 bits per heavy atom. The molecule has 1 aromatic heterocycles. The summed E-state index contributed by atoms with van der Waals surface area (Å²) in [5.41, 5.74) is -1.23. The fraction of sp³-hybridized carbons (Fsp3) is 0.545. The van der Waals surface area contributed by atoms with E-state index in [0.717, 1.165) is 5.01 Å². The van der Waals surface area contributed by atoms with Crippen LogP contribution in [0.5, 0.6) is 0 Å². The Hall–Kier alpha value is -1.67. The summed E-state index contributed by atoms with van der Waals surface area (Å²) in [4.78, 5) is 27.1. The van der Waals surface area contributed by atoms with Crippen LogP contribution in [0.2, 0.25) is 0 Å². The standard InChI is InChI=1S/C11H15N3O4S/c15-9(16)11(1-4-18-5-2-11)14-10(17)13-7-8-12-3-6-19-8/h3,6H,1-2,4-5,7H2,(H,15,16)(H2,13,14,17). The van der Waals surface area contributed by atoms with E-state index >= 15 is 0 Å². The molecular formula is C11H15N3O4S. The molecule has 0 spiro atoms. The third-order valence-electron chi connectivity index (χ3n) is 2.99. The van der Waals surface area contributed by atoms with Gasteiger partial charge in [0.1, 0.15) is 10.5 Å². The van der Waals surface area contributed by atoms with Gasteiger partial charge in [-0.1, -0.05) is 0 Å². The Morgan fingerprint density at radius 3 is 2.79 bits per heavy atom. The molecule has 1 saturated heterocycles. The summed E-state index contributed by atoms with van der Waals surface area (Å²) in [6.45, 7) is 0.952. The lowest BCUT2D eigenvalue weighted by molar-refractivity contribution is -0.148. The fourth-order valence-electron chi connectivity index (χ4n) is 1.87. The van der Waals surface area contributed by atoms with E-state index in [0.29, 0.717) is 13.2 Å². The van der Waals surface area contributed by atoms with Crippen molar-refractivity contribution >= 4 is 23.3 Å². The van der Waals surface area contributed by atoms with Gasteiger partial charge in [0, 0.05) is 37.6 Å². The average Bonchev–Trinajstić information content (AvgIpc) is 2.90. The lowest BCUT2D eigenvalue weighted by Crippen LogP contribution is -2.59. The van der Waals surface area contributed by atoms with Crippen molar-refractivity contribution in [3.05, 3.63) is 16.6 Å². The smallest absolute Gasteiger partial charge is 0.329 e. The van der Waals surface area contributed by atoms with Crippen LogP contribution in [0.15, 0.2) is 11.6 Å². The summed E-state index contributed by atoms with van der Waals surface area (Å²) < 4.78 is 5.13. The van der Waals surface area contributed by atoms with Crippen LogP contribution in [-0.4, -0.2) is 40.8 Å². The van der Waals surface area contributed by atoms with E-state index in [1.165, 1.54) is 11.3 Å². The van der Waals surface area contributed by atoms with Gasteiger partial charge in [0.2, 0.25) is 0 Å². The Balaban J connectivity index is 1.90. The molecule has 2 heterocycles. The first-order valence-electron chi connectivity index (χ1n) is 5.88. The number of urea groups is 1. The van der Waals surface area contributed by atoms with Crippen LogP contribution >= 0.6 is 11.3 Å². The van der Waals surface area contributed by atoms with Gasteiger partial charge in [-0.05, 0) is 0 Å². The molecular weight excluding hydrogens is 270 g/mol. The molecule has 0 radical (unpaired) electrons. The molecule has 8 heteroatoms. The molecule has 0 atom stereocenters. The minimum Gasteiger partial charge on any atom is -0.480 e. The van der Waals surface area contributed by atoms with Gasteiger partial charge in [0.05, 0.1) is 6.54 Å². The van der Waals surface area contributed by atoms with Gasteiger partial charge in [0.25, 0.3) is 0 Å². The number of hydrogen-bond acceptors (Lipinski definition) is 5. The highest BCUT2D eigenvalue weighted by atomic mass is 32.1. The van der Waals surface area contributed by atoms with E-state index in [1.807, 2.05) is 5.38 Å². The first-order chi connectivity index (χ1) is 9.12. The molecule has 0 aromatic carbocycles. The number of rotatable bonds is 4. The lowest BCUT2D eigenvalue weighted by Gasteiger charge is -2.33. The Morgan fingerprint density at radius 1 is 1.47 bits per heavy atom. The first kappa shape index (κ1) is 13.8. The third kappa shape index (κ3) is 3.42. The largest absolute Gasteiger partial charge is 0.480 e. The van der Waals surface area contributed by atoms with Crippen LogP contribution in [-0.2, 0) is 16.1 Å². The van der Waals surface area contributed by atoms with Crippen molar-refractivity contribution < 1.29 is 19.4 Å². The number of amides is 2. The van der Waals surface area contributed by atoms with Gasteiger partial charge < -0.3 is 20.5 Å². The Bertz CT molecular complexity index is 443. The van der Waals surface area contributed by atoms with Crippen molar-refractivity contribution in [1.29, 1.82) is 0 Å². The molecule has 0 bridgehead atoms. The highest BCUT2D eigenvalue weighted by Gasteiger charge is 2.41. The summed E-state index contributed by atoms with van der Waals surface area (Å²) in [6, 6.07) is -0.500. The molecule has 1 aliphatic rings. The molecule has 0 unspecified atom stereocenters. The molecule has 1 fully saturated rings. The van der Waals surface area contributed by atoms with Gasteiger partial charge in [0.15, 0.2) is 0 Å². The van der Waals surface area contributed by atoms with Crippen LogP contribution in [0.3, 0.4) is 0 Å². The second-order valence-electron chi connectivity index (χ2n) is 4.23. The van der Waals surface area contributed by atoms with Gasteiger partial charge in [-0.15, -0.1) is 11.3 Å². The fourth-order valence-corrected chi connectivity index (χ4v) is 2.43. The molecule has 2 rings (SSSR count). The van der Waals surface area contributed by atoms with E-state index in [4.69, 9.17) is 4.74 Å². The number of nitrogens with zero attached hydrogens (tertiary/aromatic N) is 1. The highest BCUT2D eigenvalue weighted by molar-refractivity contribution is 7.09. The molecule has 1 aromatic rings. The van der Waals surface area contributed by atoms with Crippen LogP contribution in [0, 0.1) is 0 Å². The zero-order valence-corrected chi connectivity index (χ0v) is 11.0. The van der Waals surface area contributed by atoms with E-state index in [9.17, 15) is 14.7 Å². The number of carbonyl (C=O) groups is 2. The van der Waals surface area contributed by atoms with Gasteiger partial charge in [-0.25, -0.2) is 14.6 Å². The molecule has 7 nitrogen and oxygen atoms in total. The maximum absolute atomic E-state index is 11.8. The number of nitrogens with one attached hydrogen (secondary N) is 2. The van der Waals surface area contributed by atoms with Crippen molar-refractivity contribution in [2.24, 2.45) is 0 Å². The van der Waals surface area contributed by atoms with Gasteiger partial charge in [-0.2, -0.15) is 0 Å². The summed E-state index contributed by atoms with van der Waals surface area (Å²) in [6.07, 6.45) is 2.19. The zero-order valence-electron chi connectivity index (χ0n) is 10.2. The highest BCUT2D eigenvalue weighted by Crippen LogP contribution is 2.20. The SMILES string of the molecule is O=C(NCc1nccs1)NC1(C(=O)O)CCOCC1. The number of carbonyl (C=O) groups excluding carboxylic acids is 1. The maximum Gasteiger partial charge on any atom is 0.329 e. The Kier molecular flexibility index (Phi) is 4.33. The minimum atomic E-state index is -1.23. The summed E-state index contributed by atoms with van der Waals surface area (Å²) >= 11 is 1.43. The Labute approximate surface area is 114 Å². The molecule has 19 heavy (non-hydrogen) atoms. The number of hydrogen-bond donors (Lipinski definition) is 3. The second-order valence-corrected chi connectivity index (χ2v) is 5.21. The number of thiazole rings is 1. The molecule has 3 N–H and O–H groups in total. The van der Waals surface area contributed by atoms with Crippen LogP contribution in [0.25, 0.3) is 0 Å². The number of aliphatic carboxylic acids is 1. The molecule has 0 saturated carbocycles. The number of ether oxygens (including phenoxy) is 1. The van der Waals surface area contributed by atoms with E-state index in [1.54, 1.807) is 6.20 Å². The molecule has 1 aliphatic heterocycles. The second kappa shape index (κ2) is 5.98. The normalized spacial score (nSPS) is 17.7. The molecule has 0 aliphatic carbocycles. The van der Waals surface area contributed by atoms with Crippen molar-refractivity contribution in [2.75, 3.05) is 13.2 Å². The zero-order chi connectivity index (χ0) is 13.7.